The van der Waals surface area contributed by atoms with E-state index in [0.29, 0.717) is 6.42 Å². The van der Waals surface area contributed by atoms with Crippen LogP contribution in [0.2, 0.25) is 0 Å². The smallest absolute Gasteiger partial charge is 0.284 e. The normalized spacial score (nSPS) is 11.3. The summed E-state index contributed by atoms with van der Waals surface area (Å²) >= 11 is 0. The fourth-order valence-corrected chi connectivity index (χ4v) is 6.22. The third-order valence-corrected chi connectivity index (χ3v) is 8.67. The van der Waals surface area contributed by atoms with Gasteiger partial charge in [-0.2, -0.15) is 10.5 Å². The van der Waals surface area contributed by atoms with Gasteiger partial charge in [-0.3, -0.25) is 35.1 Å². The number of nitriles is 2. The third-order valence-electron chi connectivity index (χ3n) is 8.67. The lowest BCUT2D eigenvalue weighted by atomic mass is 9.95. The molecule has 1 aliphatic rings. The number of nitro groups is 3. The first kappa shape index (κ1) is 37.3. The van der Waals surface area contributed by atoms with Crippen LogP contribution < -0.4 is 5.32 Å². The second-order valence-corrected chi connectivity index (χ2v) is 12.1. The van der Waals surface area contributed by atoms with Crippen LogP contribution in [-0.4, -0.2) is 27.2 Å². The van der Waals surface area contributed by atoms with Gasteiger partial charge in [0.25, 0.3) is 23.0 Å². The zero-order chi connectivity index (χ0) is 35.1. The SMILES string of the molecule is CCCCCCCCCCCCCCCCCCNC(=O)c1cc([N+](=O)[O-])cc2c1-c1c(cc([N+](=O)[O-])cc1[N+](=O)[O-])C2=C(C#N)C#N. The van der Waals surface area contributed by atoms with Crippen molar-refractivity contribution in [2.75, 3.05) is 6.54 Å². The summed E-state index contributed by atoms with van der Waals surface area (Å²) in [5.74, 6) is -0.730. The van der Waals surface area contributed by atoms with Crippen molar-refractivity contribution >= 4 is 28.5 Å². The summed E-state index contributed by atoms with van der Waals surface area (Å²) in [5, 5.41) is 57.6. The van der Waals surface area contributed by atoms with Gasteiger partial charge in [0.15, 0.2) is 0 Å². The third kappa shape index (κ3) is 9.67. The van der Waals surface area contributed by atoms with Crippen molar-refractivity contribution in [2.24, 2.45) is 0 Å². The number of hydrogen-bond acceptors (Lipinski definition) is 9. The number of carbonyl (C=O) groups is 1. The van der Waals surface area contributed by atoms with E-state index in [1.807, 2.05) is 0 Å². The molecule has 3 rings (SSSR count). The molecular formula is C35H42N6O7. The first-order valence-electron chi connectivity index (χ1n) is 16.8. The molecule has 0 unspecified atom stereocenters. The number of carbonyl (C=O) groups excluding carboxylic acids is 1. The first-order chi connectivity index (χ1) is 23.2. The van der Waals surface area contributed by atoms with Gasteiger partial charge in [0.1, 0.15) is 17.7 Å². The van der Waals surface area contributed by atoms with Gasteiger partial charge in [0.2, 0.25) is 0 Å². The Morgan fingerprint density at radius 2 is 1.08 bits per heavy atom. The number of non-ortho nitro benzene ring substituents is 2. The summed E-state index contributed by atoms with van der Waals surface area (Å²) in [4.78, 5) is 46.5. The number of allylic oxidation sites excluding steroid dienone is 1. The van der Waals surface area contributed by atoms with Crippen molar-refractivity contribution in [1.29, 1.82) is 10.5 Å². The largest absolute Gasteiger partial charge is 0.352 e. The van der Waals surface area contributed by atoms with Gasteiger partial charge < -0.3 is 5.32 Å². The van der Waals surface area contributed by atoms with E-state index in [9.17, 15) is 45.7 Å². The van der Waals surface area contributed by atoms with Crippen LogP contribution in [0.1, 0.15) is 131 Å². The van der Waals surface area contributed by atoms with Gasteiger partial charge in [-0.15, -0.1) is 0 Å². The minimum Gasteiger partial charge on any atom is -0.352 e. The van der Waals surface area contributed by atoms with Crippen molar-refractivity contribution in [3.05, 3.63) is 76.9 Å². The molecule has 0 saturated heterocycles. The Balaban J connectivity index is 1.64. The van der Waals surface area contributed by atoms with E-state index in [1.54, 1.807) is 12.1 Å². The van der Waals surface area contributed by atoms with E-state index in [-0.39, 0.29) is 39.9 Å². The van der Waals surface area contributed by atoms with Gasteiger partial charge in [0.05, 0.1) is 32.0 Å². The van der Waals surface area contributed by atoms with Gasteiger partial charge >= 0.3 is 0 Å². The molecule has 0 heterocycles. The van der Waals surface area contributed by atoms with Gasteiger partial charge in [-0.1, -0.05) is 103 Å². The molecule has 0 saturated carbocycles. The highest BCUT2D eigenvalue weighted by molar-refractivity contribution is 6.14. The topological polar surface area (TPSA) is 206 Å². The fraction of sp³-hybridized carbons (Fsp3) is 0.514. The van der Waals surface area contributed by atoms with Gasteiger partial charge in [0, 0.05) is 47.0 Å². The Labute approximate surface area is 280 Å². The van der Waals surface area contributed by atoms with Crippen molar-refractivity contribution in [1.82, 2.24) is 5.32 Å². The molecule has 13 heteroatoms. The average Bonchev–Trinajstić information content (AvgIpc) is 3.39. The lowest BCUT2D eigenvalue weighted by molar-refractivity contribution is -0.393. The number of nitrogens with zero attached hydrogens (tertiary/aromatic N) is 5. The van der Waals surface area contributed by atoms with Crippen LogP contribution in [0.25, 0.3) is 16.7 Å². The molecule has 48 heavy (non-hydrogen) atoms. The molecule has 0 fully saturated rings. The predicted octanol–water partition coefficient (Wildman–Crippen LogP) is 9.23. The summed E-state index contributed by atoms with van der Waals surface area (Å²) in [7, 11) is 0. The van der Waals surface area contributed by atoms with Crippen molar-refractivity contribution in [2.45, 2.75) is 110 Å². The highest BCUT2D eigenvalue weighted by Crippen LogP contribution is 2.53. The minimum absolute atomic E-state index is 0.0975. The number of rotatable bonds is 21. The molecule has 2 aromatic rings. The van der Waals surface area contributed by atoms with Crippen molar-refractivity contribution in [3.63, 3.8) is 0 Å². The number of nitro benzene ring substituents is 3. The monoisotopic (exact) mass is 658 g/mol. The summed E-state index contributed by atoms with van der Waals surface area (Å²) in [6, 6.07) is 7.02. The van der Waals surface area contributed by atoms with Crippen LogP contribution in [0.5, 0.6) is 0 Å². The summed E-state index contributed by atoms with van der Waals surface area (Å²) in [6.07, 6.45) is 19.1. The maximum Gasteiger partial charge on any atom is 0.284 e. The van der Waals surface area contributed by atoms with E-state index < -0.39 is 43.3 Å². The maximum atomic E-state index is 13.5. The second kappa shape index (κ2) is 18.8. The van der Waals surface area contributed by atoms with Gasteiger partial charge in [-0.25, -0.2) is 0 Å². The van der Waals surface area contributed by atoms with E-state index >= 15 is 0 Å². The zero-order valence-electron chi connectivity index (χ0n) is 27.4. The molecule has 0 atom stereocenters. The average molecular weight is 659 g/mol. The first-order valence-corrected chi connectivity index (χ1v) is 16.8. The highest BCUT2D eigenvalue weighted by Gasteiger charge is 2.39. The number of amides is 1. The van der Waals surface area contributed by atoms with Crippen molar-refractivity contribution in [3.8, 4) is 23.3 Å². The molecule has 0 bridgehead atoms. The van der Waals surface area contributed by atoms with E-state index in [0.717, 1.165) is 49.9 Å². The Morgan fingerprint density at radius 1 is 0.646 bits per heavy atom. The quantitative estimate of drug-likeness (QED) is 0.0500. The second-order valence-electron chi connectivity index (χ2n) is 12.1. The molecule has 0 spiro atoms. The standard InChI is InChI=1S/C35H42N6O7/c1-2-3-4-5-6-7-8-9-10-11-12-13-14-15-16-17-18-38-35(42)30-21-26(39(43)44)19-28-32(25(23-36)24-37)29-20-27(40(45)46)22-31(41(47)48)34(29)33(28)30/h19-22H,2-18H2,1H3,(H,38,42). The van der Waals surface area contributed by atoms with Crippen LogP contribution >= 0.6 is 0 Å². The number of nitrogens with one attached hydrogen (secondary N) is 1. The van der Waals surface area contributed by atoms with Crippen LogP contribution in [0, 0.1) is 53.0 Å². The van der Waals surface area contributed by atoms with Crippen LogP contribution in [-0.2, 0) is 0 Å². The predicted molar refractivity (Wildman–Crippen MR) is 181 cm³/mol. The molecule has 0 radical (unpaired) electrons. The number of unbranched alkanes of at least 4 members (excludes halogenated alkanes) is 15. The Morgan fingerprint density at radius 3 is 1.52 bits per heavy atom. The molecule has 1 N–H and O–H groups in total. The molecule has 2 aromatic carbocycles. The van der Waals surface area contributed by atoms with E-state index in [4.69, 9.17) is 0 Å². The highest BCUT2D eigenvalue weighted by atomic mass is 16.6. The molecule has 0 aromatic heterocycles. The number of fused-ring (bicyclic) bond motifs is 3. The Bertz CT molecular complexity index is 1620. The number of benzene rings is 2. The molecule has 1 amide bonds. The molecule has 13 nitrogen and oxygen atoms in total. The molecule has 1 aliphatic carbocycles. The van der Waals surface area contributed by atoms with Crippen LogP contribution in [0.15, 0.2) is 29.8 Å². The lowest BCUT2D eigenvalue weighted by Gasteiger charge is -2.11. The molecule has 0 aliphatic heterocycles. The zero-order valence-corrected chi connectivity index (χ0v) is 27.4. The molecule has 254 valence electrons. The maximum absolute atomic E-state index is 13.5. The molecular weight excluding hydrogens is 616 g/mol. The Hall–Kier alpha value is -5.17. The summed E-state index contributed by atoms with van der Waals surface area (Å²) < 4.78 is 0. The summed E-state index contributed by atoms with van der Waals surface area (Å²) in [5.41, 5.74) is -3.67. The van der Waals surface area contributed by atoms with Crippen LogP contribution in [0.3, 0.4) is 0 Å². The number of hydrogen-bond donors (Lipinski definition) is 1. The van der Waals surface area contributed by atoms with Crippen LogP contribution in [0.4, 0.5) is 17.1 Å². The fourth-order valence-electron chi connectivity index (χ4n) is 6.22. The van der Waals surface area contributed by atoms with Crippen molar-refractivity contribution < 1.29 is 19.6 Å². The minimum atomic E-state index is -0.865. The lowest BCUT2D eigenvalue weighted by Crippen LogP contribution is -2.25. The van der Waals surface area contributed by atoms with E-state index in [2.05, 4.69) is 12.2 Å². The van der Waals surface area contributed by atoms with Gasteiger partial charge in [-0.05, 0) is 6.42 Å². The van der Waals surface area contributed by atoms with E-state index in [1.165, 1.54) is 70.6 Å². The Kier molecular flexibility index (Phi) is 14.6. The summed E-state index contributed by atoms with van der Waals surface area (Å²) in [6.45, 7) is 2.49.